The molecule has 2 aliphatic rings. The summed E-state index contributed by atoms with van der Waals surface area (Å²) in [6, 6.07) is 8.73. The SMILES string of the molecule is COc1cc(C(=O)NCC(O)(c2cc3c(c(-c4ccc(F)c(Cl)c4)n2)OC[C@]3(C)C(N)=O)C(F)(F)F)cc2cc(C3CC3)nn12. The van der Waals surface area contributed by atoms with Crippen molar-refractivity contribution in [3.8, 4) is 22.9 Å². The second kappa shape index (κ2) is 10.6. The summed E-state index contributed by atoms with van der Waals surface area (Å²) >= 11 is 5.94. The molecule has 3 aromatic heterocycles. The van der Waals surface area contributed by atoms with E-state index >= 15 is 0 Å². The summed E-state index contributed by atoms with van der Waals surface area (Å²) in [5.74, 6) is -2.23. The van der Waals surface area contributed by atoms with Crippen LogP contribution in [0.1, 0.15) is 53.0 Å². The molecule has 0 radical (unpaired) electrons. The number of nitrogens with one attached hydrogen (secondary N) is 1. The number of methoxy groups -OCH3 is 1. The van der Waals surface area contributed by atoms with E-state index in [0.29, 0.717) is 11.4 Å². The summed E-state index contributed by atoms with van der Waals surface area (Å²) in [7, 11) is 1.37. The number of nitrogens with two attached hydrogens (primary N) is 1. The van der Waals surface area contributed by atoms with Crippen LogP contribution in [0.25, 0.3) is 16.8 Å². The van der Waals surface area contributed by atoms with Crippen LogP contribution in [0, 0.1) is 5.82 Å². The number of hydrogen-bond acceptors (Lipinski definition) is 7. The van der Waals surface area contributed by atoms with Crippen molar-refractivity contribution in [2.75, 3.05) is 20.3 Å². The molecule has 1 unspecified atom stereocenters. The smallest absolute Gasteiger partial charge is 0.424 e. The molecule has 1 aliphatic heterocycles. The van der Waals surface area contributed by atoms with Crippen LogP contribution in [0.4, 0.5) is 17.6 Å². The van der Waals surface area contributed by atoms with Gasteiger partial charge in [-0.2, -0.15) is 18.3 Å². The summed E-state index contributed by atoms with van der Waals surface area (Å²) in [6.45, 7) is -0.318. The van der Waals surface area contributed by atoms with Gasteiger partial charge in [-0.05, 0) is 56.2 Å². The lowest BCUT2D eigenvalue weighted by molar-refractivity contribution is -0.265. The average Bonchev–Trinajstić information content (AvgIpc) is 3.66. The number of aliphatic hydroxyl groups is 1. The highest BCUT2D eigenvalue weighted by Gasteiger charge is 2.57. The molecule has 2 atom stereocenters. The quantitative estimate of drug-likeness (QED) is 0.241. The number of benzene rings is 1. The fourth-order valence-corrected chi connectivity index (χ4v) is 5.41. The molecule has 1 fully saturated rings. The monoisotopic (exact) mass is 647 g/mol. The number of primary amides is 1. The van der Waals surface area contributed by atoms with Crippen molar-refractivity contribution in [3.05, 3.63) is 75.8 Å². The zero-order valence-electron chi connectivity index (χ0n) is 23.8. The molecule has 45 heavy (non-hydrogen) atoms. The Morgan fingerprint density at radius 3 is 2.58 bits per heavy atom. The highest BCUT2D eigenvalue weighted by Crippen LogP contribution is 2.48. The van der Waals surface area contributed by atoms with Gasteiger partial charge in [-0.25, -0.2) is 13.9 Å². The fraction of sp³-hybridized carbons (Fsp3) is 0.333. The van der Waals surface area contributed by atoms with Gasteiger partial charge in [0.05, 0.1) is 35.6 Å². The van der Waals surface area contributed by atoms with Crippen LogP contribution in [0.15, 0.2) is 42.5 Å². The third-order valence-electron chi connectivity index (χ3n) is 8.22. The lowest BCUT2D eigenvalue weighted by Crippen LogP contribution is -2.51. The van der Waals surface area contributed by atoms with E-state index in [2.05, 4.69) is 15.4 Å². The zero-order chi connectivity index (χ0) is 32.5. The van der Waals surface area contributed by atoms with Crippen LogP contribution in [-0.2, 0) is 15.8 Å². The van der Waals surface area contributed by atoms with Crippen molar-refractivity contribution in [1.82, 2.24) is 19.9 Å². The number of halogens is 5. The topological polar surface area (TPSA) is 141 Å². The Morgan fingerprint density at radius 2 is 1.96 bits per heavy atom. The summed E-state index contributed by atoms with van der Waals surface area (Å²) in [5.41, 5.74) is 0.285. The minimum Gasteiger partial charge on any atom is -0.489 e. The van der Waals surface area contributed by atoms with Crippen LogP contribution in [-0.4, -0.2) is 58.0 Å². The molecule has 0 spiro atoms. The number of aromatic nitrogens is 3. The van der Waals surface area contributed by atoms with E-state index in [9.17, 15) is 32.3 Å². The molecule has 6 rings (SSSR count). The summed E-state index contributed by atoms with van der Waals surface area (Å²) in [6.07, 6.45) is -3.42. The Balaban J connectivity index is 1.41. The van der Waals surface area contributed by atoms with E-state index < -0.39 is 47.1 Å². The van der Waals surface area contributed by atoms with Crippen molar-refractivity contribution in [1.29, 1.82) is 0 Å². The van der Waals surface area contributed by atoms with Gasteiger partial charge in [-0.1, -0.05) is 11.6 Å². The van der Waals surface area contributed by atoms with Crippen molar-refractivity contribution < 1.29 is 41.7 Å². The van der Waals surface area contributed by atoms with E-state index in [4.69, 9.17) is 26.8 Å². The molecule has 2 amide bonds. The number of rotatable bonds is 8. The zero-order valence-corrected chi connectivity index (χ0v) is 24.6. The predicted molar refractivity (Wildman–Crippen MR) is 153 cm³/mol. The Bertz CT molecular complexity index is 1880. The van der Waals surface area contributed by atoms with Crippen molar-refractivity contribution >= 4 is 28.9 Å². The Hall–Kier alpha value is -4.43. The normalized spacial score (nSPS) is 19.1. The van der Waals surface area contributed by atoms with Crippen LogP contribution < -0.4 is 20.5 Å². The first kappa shape index (κ1) is 30.6. The minimum atomic E-state index is -5.38. The summed E-state index contributed by atoms with van der Waals surface area (Å²) < 4.78 is 70.7. The molecule has 15 heteroatoms. The fourth-order valence-electron chi connectivity index (χ4n) is 5.23. The molecular weight excluding hydrogens is 622 g/mol. The lowest BCUT2D eigenvalue weighted by atomic mass is 9.81. The van der Waals surface area contributed by atoms with Crippen molar-refractivity contribution in [3.63, 3.8) is 0 Å². The van der Waals surface area contributed by atoms with Crippen LogP contribution >= 0.6 is 11.6 Å². The molecule has 1 aliphatic carbocycles. The van der Waals surface area contributed by atoms with Gasteiger partial charge in [0, 0.05) is 28.7 Å². The largest absolute Gasteiger partial charge is 0.489 e. The van der Waals surface area contributed by atoms with E-state index in [1.165, 1.54) is 36.7 Å². The highest BCUT2D eigenvalue weighted by atomic mass is 35.5. The number of alkyl halides is 3. The van der Waals surface area contributed by atoms with E-state index in [1.54, 1.807) is 6.07 Å². The number of ether oxygens (including phenoxy) is 2. The number of amides is 2. The Labute approximate surface area is 258 Å². The van der Waals surface area contributed by atoms with Gasteiger partial charge in [0.25, 0.3) is 5.91 Å². The van der Waals surface area contributed by atoms with E-state index in [0.717, 1.165) is 36.7 Å². The molecule has 4 aromatic rings. The van der Waals surface area contributed by atoms with Crippen LogP contribution in [0.2, 0.25) is 5.02 Å². The average molecular weight is 648 g/mol. The Kier molecular flexibility index (Phi) is 7.20. The van der Waals surface area contributed by atoms with Crippen LogP contribution in [0.5, 0.6) is 11.6 Å². The first-order valence-corrected chi connectivity index (χ1v) is 14.1. The van der Waals surface area contributed by atoms with Gasteiger partial charge in [-0.15, -0.1) is 0 Å². The molecule has 4 heterocycles. The minimum absolute atomic E-state index is 0.0376. The number of hydrogen-bond donors (Lipinski definition) is 3. The molecule has 1 saturated carbocycles. The maximum Gasteiger partial charge on any atom is 0.424 e. The van der Waals surface area contributed by atoms with Gasteiger partial charge in [0.15, 0.2) is 0 Å². The van der Waals surface area contributed by atoms with Gasteiger partial charge in [-0.3, -0.25) is 9.59 Å². The van der Waals surface area contributed by atoms with E-state index in [-0.39, 0.29) is 45.6 Å². The first-order valence-electron chi connectivity index (χ1n) is 13.8. The maximum absolute atomic E-state index is 14.7. The second-order valence-electron chi connectivity index (χ2n) is 11.4. The van der Waals surface area contributed by atoms with Gasteiger partial charge in [0.2, 0.25) is 17.4 Å². The predicted octanol–water partition coefficient (Wildman–Crippen LogP) is 4.39. The number of pyridine rings is 2. The standard InChI is InChI=1S/C30H26ClF4N5O5/c1-28(27(36)42)13-45-25-18(28)11-22(38-24(25)15-5-6-20(32)19(31)8-15)29(43,30(33,34)35)12-37-26(41)16-7-17-10-21(14-3-4-14)39-40(17)23(9-16)44-2/h5-11,14,43H,3-4,12-13H2,1-2H3,(H2,36,42)(H,37,41)/t28-,29?/m0/s1. The number of carbonyl (C=O) groups excluding carboxylic acids is 2. The van der Waals surface area contributed by atoms with Crippen molar-refractivity contribution in [2.24, 2.45) is 5.73 Å². The third kappa shape index (κ3) is 5.11. The van der Waals surface area contributed by atoms with Gasteiger partial charge in [0.1, 0.15) is 29.3 Å². The second-order valence-corrected chi connectivity index (χ2v) is 11.8. The molecular formula is C30H26ClF4N5O5. The molecule has 236 valence electrons. The van der Waals surface area contributed by atoms with Crippen molar-refractivity contribution in [2.45, 2.75) is 42.9 Å². The summed E-state index contributed by atoms with van der Waals surface area (Å²) in [5, 5.41) is 17.6. The van der Waals surface area contributed by atoms with Gasteiger partial charge >= 0.3 is 6.18 Å². The van der Waals surface area contributed by atoms with Crippen LogP contribution in [0.3, 0.4) is 0 Å². The molecule has 1 aromatic carbocycles. The molecule has 0 saturated heterocycles. The summed E-state index contributed by atoms with van der Waals surface area (Å²) in [4.78, 5) is 29.8. The third-order valence-corrected chi connectivity index (χ3v) is 8.51. The molecule has 10 nitrogen and oxygen atoms in total. The highest BCUT2D eigenvalue weighted by molar-refractivity contribution is 6.31. The molecule has 0 bridgehead atoms. The Morgan fingerprint density at radius 1 is 1.22 bits per heavy atom. The first-order chi connectivity index (χ1) is 21.2. The van der Waals surface area contributed by atoms with Gasteiger partial charge < -0.3 is 25.6 Å². The number of fused-ring (bicyclic) bond motifs is 2. The molecule has 4 N–H and O–H groups in total. The number of carbonyl (C=O) groups is 2. The van der Waals surface area contributed by atoms with E-state index in [1.807, 2.05) is 0 Å². The maximum atomic E-state index is 14.7. The lowest BCUT2D eigenvalue weighted by Gasteiger charge is -2.31. The number of nitrogens with zero attached hydrogens (tertiary/aromatic N) is 3.